The molecule has 4 rings (SSSR count). The van der Waals surface area contributed by atoms with Gasteiger partial charge in [0.15, 0.2) is 0 Å². The van der Waals surface area contributed by atoms with Crippen LogP contribution in [0.25, 0.3) is 0 Å². The zero-order valence-electron chi connectivity index (χ0n) is 32.2. The van der Waals surface area contributed by atoms with E-state index in [9.17, 15) is 29.1 Å². The lowest BCUT2D eigenvalue weighted by atomic mass is 9.80. The summed E-state index contributed by atoms with van der Waals surface area (Å²) in [6, 6.07) is 18.1. The third-order valence-corrected chi connectivity index (χ3v) is 10.2. The largest absolute Gasteiger partial charge is 0.445 e. The maximum absolute atomic E-state index is 13.0. The molecule has 0 bridgehead atoms. The highest BCUT2D eigenvalue weighted by atomic mass is 16.6. The third-order valence-electron chi connectivity index (χ3n) is 10.2. The van der Waals surface area contributed by atoms with Crippen molar-refractivity contribution in [1.82, 2.24) is 21.3 Å². The van der Waals surface area contributed by atoms with Crippen LogP contribution in [-0.4, -0.2) is 65.2 Å². The van der Waals surface area contributed by atoms with E-state index in [1.165, 1.54) is 0 Å². The van der Waals surface area contributed by atoms with Crippen molar-refractivity contribution in [2.24, 2.45) is 0 Å². The molecule has 0 aromatic heterocycles. The number of unbranched alkanes of at least 4 members (excludes halogenated alkanes) is 2. The lowest BCUT2D eigenvalue weighted by Crippen LogP contribution is -2.61. The van der Waals surface area contributed by atoms with E-state index >= 15 is 0 Å². The number of hydrogen-bond donors (Lipinski definition) is 5. The number of nitrogens with one attached hydrogen (secondary N) is 4. The van der Waals surface area contributed by atoms with E-state index in [-0.39, 0.29) is 37.7 Å². The smallest absolute Gasteiger partial charge is 0.408 e. The van der Waals surface area contributed by atoms with Gasteiger partial charge in [-0.25, -0.2) is 9.59 Å². The highest BCUT2D eigenvalue weighted by Gasteiger charge is 2.43. The van der Waals surface area contributed by atoms with Gasteiger partial charge in [0.2, 0.25) is 11.8 Å². The van der Waals surface area contributed by atoms with Crippen LogP contribution in [-0.2, 0) is 37.1 Å². The van der Waals surface area contributed by atoms with E-state index in [0.29, 0.717) is 32.1 Å². The molecule has 5 N–H and O–H groups in total. The lowest BCUT2D eigenvalue weighted by Gasteiger charge is -2.37. The van der Waals surface area contributed by atoms with Gasteiger partial charge in [-0.05, 0) is 49.7 Å². The molecule has 12 heteroatoms. The van der Waals surface area contributed by atoms with Gasteiger partial charge in [-0.2, -0.15) is 0 Å². The van der Waals surface area contributed by atoms with E-state index in [4.69, 9.17) is 9.47 Å². The summed E-state index contributed by atoms with van der Waals surface area (Å²) in [5.41, 5.74) is -0.171. The van der Waals surface area contributed by atoms with Crippen LogP contribution in [0.2, 0.25) is 0 Å². The first kappa shape index (κ1) is 44.0. The van der Waals surface area contributed by atoms with Crippen LogP contribution < -0.4 is 21.3 Å². The van der Waals surface area contributed by atoms with Gasteiger partial charge < -0.3 is 40.6 Å². The van der Waals surface area contributed by atoms with Gasteiger partial charge in [0, 0.05) is 0 Å². The molecule has 2 saturated carbocycles. The third kappa shape index (κ3) is 14.8. The van der Waals surface area contributed by atoms with E-state index in [1.54, 1.807) is 0 Å². The Hall–Kier alpha value is -4.45. The molecule has 2 fully saturated rings. The monoisotopic (exact) mass is 750 g/mol. The van der Waals surface area contributed by atoms with Gasteiger partial charge in [-0.1, -0.05) is 139 Å². The van der Waals surface area contributed by atoms with Crippen LogP contribution in [0.3, 0.4) is 0 Å². The fourth-order valence-electron chi connectivity index (χ4n) is 6.93. The van der Waals surface area contributed by atoms with Crippen LogP contribution in [0.4, 0.5) is 9.59 Å². The molecular formula is C42H62N4O8. The number of aldehydes is 1. The SMILES string of the molecule is CCCC[C@@H](C=O)NC(=O)C1(NC(=O)OCc2ccccc2)CCCCC1.CCCC[C@@H](CO)NC(=O)C1(NC(=O)OCc2ccccc2)CCCCC1. The topological polar surface area (TPSA) is 172 Å². The number of carbonyl (C=O) groups excluding carboxylic acids is 5. The summed E-state index contributed by atoms with van der Waals surface area (Å²) >= 11 is 0. The molecule has 4 amide bonds. The Labute approximate surface area is 320 Å². The standard InChI is InChI=1S/C21H32N2O4.C21H30N2O4/c2*1-2-3-12-18(15-24)22-19(25)21(13-8-5-9-14-21)23-20(26)27-16-17-10-6-4-7-11-17/h4,6-7,10-11,18,24H,2-3,5,8-9,12-16H2,1H3,(H,22,25)(H,23,26);4,6-7,10-11,15,18H,2-3,5,8-9,12-14,16H2,1H3,(H,22,25)(H,23,26)/t2*18-/m00/s1. The molecule has 298 valence electrons. The molecule has 0 spiro atoms. The second kappa shape index (κ2) is 24.1. The van der Waals surface area contributed by atoms with E-state index in [1.807, 2.05) is 67.6 Å². The molecule has 0 heterocycles. The van der Waals surface area contributed by atoms with Crippen LogP contribution in [0.15, 0.2) is 60.7 Å². The molecule has 0 radical (unpaired) electrons. The van der Waals surface area contributed by atoms with Crippen molar-refractivity contribution >= 4 is 30.3 Å². The molecule has 0 unspecified atom stereocenters. The molecular weight excluding hydrogens is 688 g/mol. The highest BCUT2D eigenvalue weighted by molar-refractivity contribution is 5.92. The van der Waals surface area contributed by atoms with Crippen molar-refractivity contribution in [2.45, 2.75) is 153 Å². The van der Waals surface area contributed by atoms with E-state index in [2.05, 4.69) is 28.2 Å². The minimum atomic E-state index is -1.00. The van der Waals surface area contributed by atoms with Gasteiger partial charge in [0.1, 0.15) is 30.6 Å². The Bertz CT molecular complexity index is 1410. The Balaban J connectivity index is 0.000000290. The summed E-state index contributed by atoms with van der Waals surface area (Å²) < 4.78 is 10.6. The Kier molecular flexibility index (Phi) is 19.6. The van der Waals surface area contributed by atoms with Crippen LogP contribution in [0.1, 0.15) is 128 Å². The van der Waals surface area contributed by atoms with Gasteiger partial charge in [-0.15, -0.1) is 0 Å². The number of aliphatic hydroxyl groups excluding tert-OH is 1. The number of aliphatic hydroxyl groups is 1. The van der Waals surface area contributed by atoms with Crippen LogP contribution in [0, 0.1) is 0 Å². The van der Waals surface area contributed by atoms with E-state index < -0.39 is 29.3 Å². The molecule has 2 atom stereocenters. The van der Waals surface area contributed by atoms with Crippen LogP contribution >= 0.6 is 0 Å². The molecule has 54 heavy (non-hydrogen) atoms. The minimum Gasteiger partial charge on any atom is -0.445 e. The summed E-state index contributed by atoms with van der Waals surface area (Å²) in [6.45, 7) is 4.33. The Morgan fingerprint density at radius 1 is 0.667 bits per heavy atom. The first-order valence-corrected chi connectivity index (χ1v) is 19.8. The Morgan fingerprint density at radius 2 is 1.09 bits per heavy atom. The van der Waals surface area contributed by atoms with Crippen molar-refractivity contribution < 1.29 is 38.6 Å². The fraction of sp³-hybridized carbons (Fsp3) is 0.595. The average Bonchev–Trinajstić information content (AvgIpc) is 3.21. The highest BCUT2D eigenvalue weighted by Crippen LogP contribution is 2.30. The maximum Gasteiger partial charge on any atom is 0.408 e. The summed E-state index contributed by atoms with van der Waals surface area (Å²) in [6.07, 6.45) is 12.5. The first-order valence-electron chi connectivity index (χ1n) is 19.8. The zero-order chi connectivity index (χ0) is 39.1. The number of benzene rings is 2. The summed E-state index contributed by atoms with van der Waals surface area (Å²) in [5.74, 6) is -0.499. The summed E-state index contributed by atoms with van der Waals surface area (Å²) in [5, 5.41) is 20.9. The molecule has 2 aliphatic rings. The maximum atomic E-state index is 13.0. The Morgan fingerprint density at radius 3 is 1.50 bits per heavy atom. The predicted octanol–water partition coefficient (Wildman–Crippen LogP) is 6.77. The normalized spacial score (nSPS) is 16.9. The second-order valence-corrected chi connectivity index (χ2v) is 14.5. The molecule has 0 saturated heterocycles. The average molecular weight is 751 g/mol. The number of alkyl carbamates (subject to hydrolysis) is 2. The quantitative estimate of drug-likeness (QED) is 0.104. The first-order chi connectivity index (χ1) is 26.2. The molecule has 2 aliphatic carbocycles. The van der Waals surface area contributed by atoms with Gasteiger partial charge in [0.25, 0.3) is 0 Å². The summed E-state index contributed by atoms with van der Waals surface area (Å²) in [7, 11) is 0. The molecule has 2 aromatic rings. The number of amides is 4. The number of rotatable bonds is 18. The van der Waals surface area contributed by atoms with E-state index in [0.717, 1.165) is 88.0 Å². The van der Waals surface area contributed by atoms with Crippen molar-refractivity contribution in [2.75, 3.05) is 6.61 Å². The molecule has 0 aliphatic heterocycles. The number of hydrogen-bond acceptors (Lipinski definition) is 8. The molecule has 2 aromatic carbocycles. The lowest BCUT2D eigenvalue weighted by molar-refractivity contribution is -0.131. The van der Waals surface area contributed by atoms with Crippen LogP contribution in [0.5, 0.6) is 0 Å². The molecule has 12 nitrogen and oxygen atoms in total. The minimum absolute atomic E-state index is 0.0970. The van der Waals surface area contributed by atoms with Crippen molar-refractivity contribution in [1.29, 1.82) is 0 Å². The van der Waals surface area contributed by atoms with Gasteiger partial charge in [0.05, 0.1) is 18.7 Å². The summed E-state index contributed by atoms with van der Waals surface area (Å²) in [4.78, 5) is 61.9. The van der Waals surface area contributed by atoms with Crippen molar-refractivity contribution in [3.63, 3.8) is 0 Å². The van der Waals surface area contributed by atoms with Gasteiger partial charge in [-0.3, -0.25) is 9.59 Å². The zero-order valence-corrected chi connectivity index (χ0v) is 32.2. The van der Waals surface area contributed by atoms with Crippen molar-refractivity contribution in [3.05, 3.63) is 71.8 Å². The van der Waals surface area contributed by atoms with Crippen molar-refractivity contribution in [3.8, 4) is 0 Å². The number of carbonyl (C=O) groups is 5. The number of ether oxygens (including phenoxy) is 2. The van der Waals surface area contributed by atoms with Gasteiger partial charge >= 0.3 is 12.2 Å². The fourth-order valence-corrected chi connectivity index (χ4v) is 6.93. The second-order valence-electron chi connectivity index (χ2n) is 14.5. The predicted molar refractivity (Wildman–Crippen MR) is 207 cm³/mol.